The van der Waals surface area contributed by atoms with Gasteiger partial charge in [-0.2, -0.15) is 5.26 Å². The summed E-state index contributed by atoms with van der Waals surface area (Å²) >= 11 is 0. The molecule has 0 unspecified atom stereocenters. The number of nitrogens with zero attached hydrogens (tertiary/aromatic N) is 3. The molecule has 0 aliphatic carbocycles. The molecule has 0 aliphatic rings. The van der Waals surface area contributed by atoms with Crippen molar-refractivity contribution < 1.29 is 9.90 Å². The van der Waals surface area contributed by atoms with E-state index in [1.807, 2.05) is 17.9 Å². The maximum absolute atomic E-state index is 10.5. The predicted molar refractivity (Wildman–Crippen MR) is 59.1 cm³/mol. The number of hydrogen-bond donors (Lipinski definition) is 1. The summed E-state index contributed by atoms with van der Waals surface area (Å²) in [4.78, 5) is 16.4. The Kier molecular flexibility index (Phi) is 4.28. The van der Waals surface area contributed by atoms with Crippen LogP contribution < -0.4 is 4.90 Å². The number of carboxylic acids is 1. The third-order valence-corrected chi connectivity index (χ3v) is 2.15. The molecule has 0 spiro atoms. The largest absolute Gasteiger partial charge is 0.481 e. The molecule has 0 aromatic carbocycles. The molecular weight excluding hydrogens is 206 g/mol. The number of aromatic nitrogens is 1. The second kappa shape index (κ2) is 5.71. The predicted octanol–water partition coefficient (Wildman–Crippen LogP) is 1.25. The zero-order valence-electron chi connectivity index (χ0n) is 9.05. The quantitative estimate of drug-likeness (QED) is 0.806. The van der Waals surface area contributed by atoms with Gasteiger partial charge >= 0.3 is 5.97 Å². The van der Waals surface area contributed by atoms with E-state index >= 15 is 0 Å². The van der Waals surface area contributed by atoms with Crippen LogP contribution in [0, 0.1) is 11.3 Å². The van der Waals surface area contributed by atoms with Gasteiger partial charge in [0.1, 0.15) is 17.6 Å². The van der Waals surface area contributed by atoms with Crippen molar-refractivity contribution >= 4 is 11.8 Å². The van der Waals surface area contributed by atoms with E-state index in [1.54, 1.807) is 18.2 Å². The van der Waals surface area contributed by atoms with E-state index in [9.17, 15) is 4.79 Å². The first kappa shape index (κ1) is 12.0. The maximum atomic E-state index is 10.5. The van der Waals surface area contributed by atoms with Gasteiger partial charge in [0.15, 0.2) is 0 Å². The van der Waals surface area contributed by atoms with Crippen molar-refractivity contribution in [3.05, 3.63) is 23.9 Å². The Bertz CT molecular complexity index is 412. The Balaban J connectivity index is 2.78. The van der Waals surface area contributed by atoms with Gasteiger partial charge in [-0.1, -0.05) is 6.07 Å². The van der Waals surface area contributed by atoms with Crippen LogP contribution in [-0.2, 0) is 4.79 Å². The van der Waals surface area contributed by atoms with E-state index in [0.29, 0.717) is 24.6 Å². The number of carbonyl (C=O) groups is 1. The number of nitriles is 1. The second-order valence-electron chi connectivity index (χ2n) is 3.22. The number of pyridine rings is 1. The number of rotatable bonds is 5. The zero-order valence-corrected chi connectivity index (χ0v) is 9.05. The van der Waals surface area contributed by atoms with E-state index in [-0.39, 0.29) is 6.42 Å². The van der Waals surface area contributed by atoms with Crippen LogP contribution in [0.25, 0.3) is 0 Å². The molecule has 0 fully saturated rings. The van der Waals surface area contributed by atoms with Crippen LogP contribution in [-0.4, -0.2) is 29.1 Å². The van der Waals surface area contributed by atoms with Crippen molar-refractivity contribution in [3.8, 4) is 6.07 Å². The highest BCUT2D eigenvalue weighted by Crippen LogP contribution is 2.11. The summed E-state index contributed by atoms with van der Waals surface area (Å²) in [6, 6.07) is 7.09. The third kappa shape index (κ3) is 3.24. The fourth-order valence-corrected chi connectivity index (χ4v) is 1.33. The monoisotopic (exact) mass is 219 g/mol. The number of anilines is 1. The van der Waals surface area contributed by atoms with Gasteiger partial charge in [0, 0.05) is 13.1 Å². The Morgan fingerprint density at radius 3 is 2.94 bits per heavy atom. The normalized spacial score (nSPS) is 9.50. The molecule has 0 saturated heterocycles. The molecule has 0 atom stereocenters. The van der Waals surface area contributed by atoms with Crippen molar-refractivity contribution in [2.24, 2.45) is 0 Å². The topological polar surface area (TPSA) is 77.2 Å². The summed E-state index contributed by atoms with van der Waals surface area (Å²) in [5.41, 5.74) is 0.339. The smallest absolute Gasteiger partial charge is 0.305 e. The number of carboxylic acid groups (broad SMARTS) is 1. The van der Waals surface area contributed by atoms with Gasteiger partial charge in [-0.05, 0) is 19.1 Å². The van der Waals surface area contributed by atoms with Crippen LogP contribution in [0.1, 0.15) is 19.0 Å². The van der Waals surface area contributed by atoms with Crippen LogP contribution >= 0.6 is 0 Å². The lowest BCUT2D eigenvalue weighted by atomic mass is 10.3. The highest BCUT2D eigenvalue weighted by Gasteiger charge is 2.08. The standard InChI is InChI=1S/C11H13N3O2/c1-2-14(7-6-11(15)16)10-5-3-4-9(8-12)13-10/h3-5H,2,6-7H2,1H3,(H,15,16). The summed E-state index contributed by atoms with van der Waals surface area (Å²) < 4.78 is 0. The molecule has 0 aliphatic heterocycles. The molecule has 16 heavy (non-hydrogen) atoms. The lowest BCUT2D eigenvalue weighted by molar-refractivity contribution is -0.136. The fourth-order valence-electron chi connectivity index (χ4n) is 1.33. The van der Waals surface area contributed by atoms with Gasteiger partial charge in [-0.15, -0.1) is 0 Å². The van der Waals surface area contributed by atoms with Crippen molar-refractivity contribution in [3.63, 3.8) is 0 Å². The Morgan fingerprint density at radius 1 is 1.62 bits per heavy atom. The van der Waals surface area contributed by atoms with E-state index < -0.39 is 5.97 Å². The van der Waals surface area contributed by atoms with Gasteiger partial charge in [0.2, 0.25) is 0 Å². The molecule has 1 aromatic heterocycles. The third-order valence-electron chi connectivity index (χ3n) is 2.15. The first-order valence-electron chi connectivity index (χ1n) is 5.01. The van der Waals surface area contributed by atoms with Crippen LogP contribution in [0.15, 0.2) is 18.2 Å². The zero-order chi connectivity index (χ0) is 12.0. The lowest BCUT2D eigenvalue weighted by Crippen LogP contribution is -2.26. The minimum Gasteiger partial charge on any atom is -0.481 e. The average molecular weight is 219 g/mol. The first-order valence-corrected chi connectivity index (χ1v) is 5.01. The summed E-state index contributed by atoms with van der Waals surface area (Å²) in [5.74, 6) is -0.197. The van der Waals surface area contributed by atoms with Gasteiger partial charge in [0.25, 0.3) is 0 Å². The van der Waals surface area contributed by atoms with Gasteiger partial charge < -0.3 is 10.0 Å². The van der Waals surface area contributed by atoms with Crippen molar-refractivity contribution in [2.75, 3.05) is 18.0 Å². The summed E-state index contributed by atoms with van der Waals surface area (Å²) in [6.07, 6.45) is 0.0618. The molecule has 0 radical (unpaired) electrons. The fraction of sp³-hybridized carbons (Fsp3) is 0.364. The Labute approximate surface area is 93.9 Å². The van der Waals surface area contributed by atoms with Crippen LogP contribution in [0.2, 0.25) is 0 Å². The molecular formula is C11H13N3O2. The molecule has 84 valence electrons. The number of aliphatic carboxylic acids is 1. The number of hydrogen-bond acceptors (Lipinski definition) is 4. The van der Waals surface area contributed by atoms with Crippen LogP contribution in [0.3, 0.4) is 0 Å². The van der Waals surface area contributed by atoms with Crippen LogP contribution in [0.4, 0.5) is 5.82 Å². The van der Waals surface area contributed by atoms with Gasteiger partial charge in [-0.3, -0.25) is 4.79 Å². The highest BCUT2D eigenvalue weighted by atomic mass is 16.4. The van der Waals surface area contributed by atoms with Gasteiger partial charge in [0.05, 0.1) is 6.42 Å². The van der Waals surface area contributed by atoms with E-state index in [2.05, 4.69) is 4.98 Å². The summed E-state index contributed by atoms with van der Waals surface area (Å²) in [6.45, 7) is 2.98. The lowest BCUT2D eigenvalue weighted by Gasteiger charge is -2.20. The van der Waals surface area contributed by atoms with Crippen molar-refractivity contribution in [1.29, 1.82) is 5.26 Å². The SMILES string of the molecule is CCN(CCC(=O)O)c1cccc(C#N)n1. The average Bonchev–Trinajstić information content (AvgIpc) is 2.30. The minimum atomic E-state index is -0.838. The van der Waals surface area contributed by atoms with E-state index in [1.165, 1.54) is 0 Å². The molecule has 1 rings (SSSR count). The maximum Gasteiger partial charge on any atom is 0.305 e. The molecule has 5 nitrogen and oxygen atoms in total. The van der Waals surface area contributed by atoms with Crippen molar-refractivity contribution in [1.82, 2.24) is 4.98 Å². The van der Waals surface area contributed by atoms with Gasteiger partial charge in [-0.25, -0.2) is 4.98 Å². The second-order valence-corrected chi connectivity index (χ2v) is 3.22. The molecule has 0 amide bonds. The summed E-state index contributed by atoms with van der Waals surface area (Å²) in [5, 5.41) is 17.3. The highest BCUT2D eigenvalue weighted by molar-refractivity contribution is 5.67. The molecule has 0 saturated carbocycles. The molecule has 1 heterocycles. The van der Waals surface area contributed by atoms with E-state index in [4.69, 9.17) is 10.4 Å². The van der Waals surface area contributed by atoms with Crippen LogP contribution in [0.5, 0.6) is 0 Å². The van der Waals surface area contributed by atoms with Crippen molar-refractivity contribution in [2.45, 2.75) is 13.3 Å². The molecule has 1 aromatic rings. The molecule has 5 heteroatoms. The minimum absolute atomic E-state index is 0.0618. The summed E-state index contributed by atoms with van der Waals surface area (Å²) in [7, 11) is 0. The molecule has 0 bridgehead atoms. The molecule has 1 N–H and O–H groups in total. The first-order chi connectivity index (χ1) is 7.67. The Morgan fingerprint density at radius 2 is 2.38 bits per heavy atom. The van der Waals surface area contributed by atoms with E-state index in [0.717, 1.165) is 0 Å². The Hall–Kier alpha value is -2.09.